The summed E-state index contributed by atoms with van der Waals surface area (Å²) in [5.74, 6) is -2.31. The number of rotatable bonds is 3. The van der Waals surface area contributed by atoms with Crippen LogP contribution in [0.15, 0.2) is 48.1 Å². The number of hydrazine groups is 1. The summed E-state index contributed by atoms with van der Waals surface area (Å²) in [6.07, 6.45) is 10.2. The zero-order valence-corrected chi connectivity index (χ0v) is 13.5. The number of carbonyl (C=O) groups is 1. The highest BCUT2D eigenvalue weighted by Gasteiger charge is 2.42. The first kappa shape index (κ1) is 16.1. The number of amides is 1. The number of allylic oxidation sites excluding steroid dienone is 2. The minimum Gasteiger partial charge on any atom is -0.368 e. The number of nitrogens with zero attached hydrogens (tertiary/aromatic N) is 2. The molecule has 0 spiro atoms. The molecule has 25 heavy (non-hydrogen) atoms. The van der Waals surface area contributed by atoms with Crippen LogP contribution in [-0.2, 0) is 4.79 Å². The molecule has 9 heteroatoms. The Morgan fingerprint density at radius 2 is 2.16 bits per heavy atom. The Morgan fingerprint density at radius 1 is 1.32 bits per heavy atom. The van der Waals surface area contributed by atoms with Gasteiger partial charge in [0.25, 0.3) is 11.8 Å². The summed E-state index contributed by atoms with van der Waals surface area (Å²) in [5, 5.41) is 10.6. The smallest absolute Gasteiger partial charge is 0.276 e. The molecule has 4 heterocycles. The van der Waals surface area contributed by atoms with E-state index >= 15 is 0 Å². The average molecular weight is 350 g/mol. The molecule has 7 nitrogen and oxygen atoms in total. The maximum Gasteiger partial charge on any atom is 0.276 e. The summed E-state index contributed by atoms with van der Waals surface area (Å²) >= 11 is 0. The lowest BCUT2D eigenvalue weighted by molar-refractivity contribution is -0.119. The fourth-order valence-electron chi connectivity index (χ4n) is 3.26. The maximum absolute atomic E-state index is 13.5. The van der Waals surface area contributed by atoms with Crippen molar-refractivity contribution < 1.29 is 13.6 Å². The fraction of sp³-hybridized carbons (Fsp3) is 0.438. The summed E-state index contributed by atoms with van der Waals surface area (Å²) in [6, 6.07) is 0. The summed E-state index contributed by atoms with van der Waals surface area (Å²) < 4.78 is 26.9. The molecule has 2 atom stereocenters. The molecule has 0 aromatic heterocycles. The molecule has 0 aromatic rings. The summed E-state index contributed by atoms with van der Waals surface area (Å²) in [4.78, 5) is 14.2. The Balaban J connectivity index is 1.43. The van der Waals surface area contributed by atoms with Crippen molar-refractivity contribution in [1.82, 2.24) is 31.3 Å². The number of alkyl halides is 2. The van der Waals surface area contributed by atoms with Gasteiger partial charge in [0.05, 0.1) is 12.7 Å². The number of dihydropyridines is 1. The number of likely N-dealkylation sites (tertiary alicyclic amines) is 1. The number of hydrogen-bond acceptors (Lipinski definition) is 6. The molecule has 0 saturated carbocycles. The van der Waals surface area contributed by atoms with Gasteiger partial charge in [-0.15, -0.1) is 0 Å². The molecule has 4 N–H and O–H groups in total. The van der Waals surface area contributed by atoms with Crippen LogP contribution in [0.2, 0.25) is 0 Å². The molecule has 4 rings (SSSR count). The number of carbonyl (C=O) groups excluding carboxylic acids is 1. The minimum atomic E-state index is -2.65. The Bertz CT molecular complexity index is 686. The molecule has 1 saturated heterocycles. The quantitative estimate of drug-likeness (QED) is 0.534. The first-order valence-electron chi connectivity index (χ1n) is 8.26. The third-order valence-corrected chi connectivity index (χ3v) is 4.56. The second kappa shape index (κ2) is 6.16. The number of fused-ring (bicyclic) bond motifs is 1. The van der Waals surface area contributed by atoms with E-state index in [9.17, 15) is 13.6 Å². The first-order valence-corrected chi connectivity index (χ1v) is 8.26. The monoisotopic (exact) mass is 350 g/mol. The van der Waals surface area contributed by atoms with E-state index in [0.29, 0.717) is 24.6 Å². The predicted molar refractivity (Wildman–Crippen MR) is 87.4 cm³/mol. The van der Waals surface area contributed by atoms with Gasteiger partial charge in [-0.1, -0.05) is 18.2 Å². The van der Waals surface area contributed by atoms with Gasteiger partial charge >= 0.3 is 0 Å². The van der Waals surface area contributed by atoms with Crippen LogP contribution in [0, 0.1) is 0 Å². The number of hydrogen-bond donors (Lipinski definition) is 4. The van der Waals surface area contributed by atoms with Gasteiger partial charge in [0.1, 0.15) is 17.7 Å². The molecule has 0 bridgehead atoms. The van der Waals surface area contributed by atoms with Crippen molar-refractivity contribution in [3.8, 4) is 0 Å². The zero-order valence-electron chi connectivity index (χ0n) is 13.5. The lowest BCUT2D eigenvalue weighted by Crippen LogP contribution is -2.58. The van der Waals surface area contributed by atoms with E-state index in [1.807, 2.05) is 24.3 Å². The van der Waals surface area contributed by atoms with Crippen LogP contribution in [0.1, 0.15) is 6.42 Å². The van der Waals surface area contributed by atoms with Crippen molar-refractivity contribution in [2.45, 2.75) is 24.7 Å². The Kier molecular flexibility index (Phi) is 3.97. The maximum atomic E-state index is 13.5. The summed E-state index contributed by atoms with van der Waals surface area (Å²) in [5.41, 5.74) is 3.56. The van der Waals surface area contributed by atoms with Crippen molar-refractivity contribution in [2.75, 3.05) is 19.6 Å². The van der Waals surface area contributed by atoms with Crippen LogP contribution in [0.3, 0.4) is 0 Å². The van der Waals surface area contributed by atoms with Gasteiger partial charge in [0, 0.05) is 25.7 Å². The molecule has 0 aromatic carbocycles. The Labute approximate surface area is 144 Å². The van der Waals surface area contributed by atoms with Crippen LogP contribution in [0.25, 0.3) is 0 Å². The molecular formula is C16H20F2N6O. The predicted octanol–water partition coefficient (Wildman–Crippen LogP) is -0.0824. The van der Waals surface area contributed by atoms with Gasteiger partial charge in [0.2, 0.25) is 0 Å². The third kappa shape index (κ3) is 3.24. The molecule has 2 unspecified atom stereocenters. The molecular weight excluding hydrogens is 330 g/mol. The lowest BCUT2D eigenvalue weighted by Gasteiger charge is -2.38. The van der Waals surface area contributed by atoms with Gasteiger partial charge in [-0.25, -0.2) is 14.2 Å². The van der Waals surface area contributed by atoms with Gasteiger partial charge in [0.15, 0.2) is 0 Å². The van der Waals surface area contributed by atoms with E-state index in [2.05, 4.69) is 21.4 Å². The highest BCUT2D eigenvalue weighted by molar-refractivity contribution is 5.94. The van der Waals surface area contributed by atoms with Crippen LogP contribution in [0.4, 0.5) is 8.78 Å². The van der Waals surface area contributed by atoms with Gasteiger partial charge in [-0.05, 0) is 12.2 Å². The molecule has 1 amide bonds. The van der Waals surface area contributed by atoms with E-state index < -0.39 is 5.92 Å². The SMILES string of the molecule is O=C(NC1=CC=CCN1)C1=CNC2C=CC(N3CCC(F)(F)C3)NN12. The fourth-order valence-corrected chi connectivity index (χ4v) is 3.26. The van der Waals surface area contributed by atoms with Crippen molar-refractivity contribution in [2.24, 2.45) is 0 Å². The van der Waals surface area contributed by atoms with Gasteiger partial charge in [-0.3, -0.25) is 14.7 Å². The standard InChI is InChI=1S/C16H20F2N6O/c17-16(18)6-8-23(10-16)14-5-4-13-20-9-11(24(13)22-14)15(25)21-12-3-1-2-7-19-12/h1-5,9,13-14,19-20,22H,6-8,10H2,(H,21,25). The number of nitrogens with one attached hydrogen (secondary N) is 4. The van der Waals surface area contributed by atoms with Gasteiger partial charge in [-0.2, -0.15) is 0 Å². The molecule has 4 aliphatic heterocycles. The number of halogens is 2. The summed E-state index contributed by atoms with van der Waals surface area (Å²) in [6.45, 7) is 0.687. The second-order valence-corrected chi connectivity index (χ2v) is 6.39. The van der Waals surface area contributed by atoms with Crippen molar-refractivity contribution in [1.29, 1.82) is 0 Å². The van der Waals surface area contributed by atoms with Gasteiger partial charge < -0.3 is 16.0 Å². The summed E-state index contributed by atoms with van der Waals surface area (Å²) in [7, 11) is 0. The molecule has 134 valence electrons. The normalized spacial score (nSPS) is 30.2. The van der Waals surface area contributed by atoms with Crippen molar-refractivity contribution in [3.05, 3.63) is 48.1 Å². The van der Waals surface area contributed by atoms with Crippen molar-refractivity contribution >= 4 is 5.91 Å². The van der Waals surface area contributed by atoms with Crippen LogP contribution < -0.4 is 21.4 Å². The topological polar surface area (TPSA) is 71.7 Å². The minimum absolute atomic E-state index is 0.142. The highest BCUT2D eigenvalue weighted by atomic mass is 19.3. The highest BCUT2D eigenvalue weighted by Crippen LogP contribution is 2.29. The molecule has 4 aliphatic rings. The van der Waals surface area contributed by atoms with E-state index in [1.165, 1.54) is 0 Å². The van der Waals surface area contributed by atoms with E-state index in [4.69, 9.17) is 0 Å². The van der Waals surface area contributed by atoms with Crippen molar-refractivity contribution in [3.63, 3.8) is 0 Å². The van der Waals surface area contributed by atoms with E-state index in [-0.39, 0.29) is 31.2 Å². The zero-order chi connectivity index (χ0) is 17.4. The Morgan fingerprint density at radius 3 is 2.88 bits per heavy atom. The lowest BCUT2D eigenvalue weighted by atomic mass is 10.2. The second-order valence-electron chi connectivity index (χ2n) is 6.39. The first-order chi connectivity index (χ1) is 12.0. The molecule has 1 fully saturated rings. The van der Waals surface area contributed by atoms with Crippen LogP contribution in [0.5, 0.6) is 0 Å². The van der Waals surface area contributed by atoms with Crippen LogP contribution in [-0.4, -0.2) is 53.7 Å². The largest absolute Gasteiger partial charge is 0.368 e. The van der Waals surface area contributed by atoms with E-state index in [0.717, 1.165) is 0 Å². The average Bonchev–Trinajstić information content (AvgIpc) is 3.18. The molecule has 0 aliphatic carbocycles. The Hall–Kier alpha value is -2.39. The van der Waals surface area contributed by atoms with Crippen LogP contribution >= 0.6 is 0 Å². The van der Waals surface area contributed by atoms with E-state index in [1.54, 1.807) is 22.2 Å². The molecule has 0 radical (unpaired) electrons. The third-order valence-electron chi connectivity index (χ3n) is 4.56.